The van der Waals surface area contributed by atoms with Crippen LogP contribution < -0.4 is 10.6 Å². The first kappa shape index (κ1) is 22.0. The zero-order valence-corrected chi connectivity index (χ0v) is 18.1. The van der Waals surface area contributed by atoms with E-state index in [1.807, 2.05) is 18.2 Å². The van der Waals surface area contributed by atoms with Crippen LogP contribution in [-0.2, 0) is 11.2 Å². The largest absolute Gasteiger partial charge is 0.295 e. The molecule has 0 radical (unpaired) electrons. The molecule has 2 amide bonds. The zero-order chi connectivity index (χ0) is 22.4. The van der Waals surface area contributed by atoms with Gasteiger partial charge in [-0.15, -0.1) is 0 Å². The first-order valence-corrected chi connectivity index (χ1v) is 10.1. The number of hydrogen-bond donors (Lipinski definition) is 2. The fourth-order valence-electron chi connectivity index (χ4n) is 3.00. The second-order valence-corrected chi connectivity index (χ2v) is 7.78. The molecule has 2 aromatic heterocycles. The van der Waals surface area contributed by atoms with E-state index in [2.05, 4.69) is 51.3 Å². The number of rotatable bonds is 7. The monoisotopic (exact) mass is 418 g/mol. The lowest BCUT2D eigenvalue weighted by molar-refractivity contribution is -0.114. The molecule has 0 aliphatic rings. The average Bonchev–Trinajstić information content (AvgIpc) is 2.74. The third-order valence-corrected chi connectivity index (χ3v) is 4.82. The van der Waals surface area contributed by atoms with Crippen LogP contribution in [0.15, 0.2) is 49.1 Å². The Morgan fingerprint density at radius 3 is 2.03 bits per heavy atom. The molecule has 2 N–H and O–H groups in total. The van der Waals surface area contributed by atoms with E-state index in [9.17, 15) is 9.59 Å². The number of nitrogens with zero attached hydrogens (tertiary/aromatic N) is 4. The van der Waals surface area contributed by atoms with Gasteiger partial charge in [0.2, 0.25) is 17.8 Å². The molecule has 1 atom stereocenters. The van der Waals surface area contributed by atoms with Crippen LogP contribution in [0.3, 0.4) is 0 Å². The van der Waals surface area contributed by atoms with Crippen molar-refractivity contribution in [3.05, 3.63) is 71.3 Å². The minimum Gasteiger partial charge on any atom is -0.295 e. The molecule has 0 saturated carbocycles. The van der Waals surface area contributed by atoms with Crippen LogP contribution >= 0.6 is 0 Å². The summed E-state index contributed by atoms with van der Waals surface area (Å²) in [7, 11) is 0. The van der Waals surface area contributed by atoms with E-state index in [0.29, 0.717) is 17.9 Å². The number of amides is 2. The van der Waals surface area contributed by atoms with Crippen LogP contribution in [0.25, 0.3) is 0 Å². The van der Waals surface area contributed by atoms with Gasteiger partial charge in [0.1, 0.15) is 0 Å². The molecule has 31 heavy (non-hydrogen) atoms. The molecule has 0 bridgehead atoms. The summed E-state index contributed by atoms with van der Waals surface area (Å²) in [5.41, 5.74) is 3.52. The van der Waals surface area contributed by atoms with Crippen LogP contribution in [0, 0.1) is 0 Å². The molecule has 0 unspecified atom stereocenters. The first-order valence-electron chi connectivity index (χ1n) is 10.1. The lowest BCUT2D eigenvalue weighted by Crippen LogP contribution is -2.14. The molecule has 1 aromatic carbocycles. The number of benzene rings is 1. The van der Waals surface area contributed by atoms with Crippen LogP contribution in [0.5, 0.6) is 0 Å². The lowest BCUT2D eigenvalue weighted by Gasteiger charge is -2.13. The first-order chi connectivity index (χ1) is 14.8. The number of carbonyl (C=O) groups excluding carboxylic acids is 2. The molecule has 0 fully saturated rings. The number of hydrogen-bond acceptors (Lipinski definition) is 6. The summed E-state index contributed by atoms with van der Waals surface area (Å²) in [4.78, 5) is 40.5. The summed E-state index contributed by atoms with van der Waals surface area (Å²) in [5.74, 6) is 0.564. The Labute approximate surface area is 181 Å². The van der Waals surface area contributed by atoms with Gasteiger partial charge >= 0.3 is 0 Å². The van der Waals surface area contributed by atoms with Gasteiger partial charge in [0.05, 0.1) is 0 Å². The van der Waals surface area contributed by atoms with Gasteiger partial charge in [0.15, 0.2) is 0 Å². The van der Waals surface area contributed by atoms with Crippen molar-refractivity contribution < 1.29 is 9.59 Å². The molecule has 8 heteroatoms. The molecule has 3 aromatic rings. The van der Waals surface area contributed by atoms with Gasteiger partial charge in [-0.2, -0.15) is 0 Å². The van der Waals surface area contributed by atoms with E-state index in [0.717, 1.165) is 16.7 Å². The number of carbonyl (C=O) groups is 2. The molecule has 2 heterocycles. The Morgan fingerprint density at radius 1 is 0.871 bits per heavy atom. The van der Waals surface area contributed by atoms with Gasteiger partial charge in [-0.3, -0.25) is 20.2 Å². The van der Waals surface area contributed by atoms with Gasteiger partial charge < -0.3 is 0 Å². The van der Waals surface area contributed by atoms with Crippen LogP contribution in [-0.4, -0.2) is 31.8 Å². The second-order valence-electron chi connectivity index (χ2n) is 7.78. The molecule has 0 aliphatic carbocycles. The summed E-state index contributed by atoms with van der Waals surface area (Å²) in [6.45, 7) is 7.60. The van der Waals surface area contributed by atoms with E-state index in [1.165, 1.54) is 6.92 Å². The standard InChI is InChI=1S/C23H26N6O2/c1-14(2)19-10-24-23(25-11-19)29-21(31)18-7-5-6-17(9-18)8-15(3)20-12-26-22(27-13-20)28-16(4)30/h5-7,9-15H,8H2,1-4H3,(H,24,25,29,31)(H,26,27,28,30)/t15-/m1/s1. The van der Waals surface area contributed by atoms with Crippen molar-refractivity contribution in [2.75, 3.05) is 10.6 Å². The molecular weight excluding hydrogens is 392 g/mol. The number of nitrogens with one attached hydrogen (secondary N) is 2. The number of aromatic nitrogens is 4. The average molecular weight is 419 g/mol. The minimum absolute atomic E-state index is 0.136. The van der Waals surface area contributed by atoms with E-state index in [4.69, 9.17) is 0 Å². The third-order valence-electron chi connectivity index (χ3n) is 4.82. The topological polar surface area (TPSA) is 110 Å². The predicted molar refractivity (Wildman–Crippen MR) is 119 cm³/mol. The molecule has 8 nitrogen and oxygen atoms in total. The van der Waals surface area contributed by atoms with Crippen LogP contribution in [0.4, 0.5) is 11.9 Å². The van der Waals surface area contributed by atoms with E-state index in [-0.39, 0.29) is 29.6 Å². The van der Waals surface area contributed by atoms with Gasteiger partial charge in [0, 0.05) is 37.3 Å². The van der Waals surface area contributed by atoms with E-state index in [1.54, 1.807) is 30.9 Å². The predicted octanol–water partition coefficient (Wildman–Crippen LogP) is 3.95. The SMILES string of the molecule is CC(=O)Nc1ncc([C@H](C)Cc2cccc(C(=O)Nc3ncc(C(C)C)cn3)c2)cn1. The minimum atomic E-state index is -0.255. The fraction of sp³-hybridized carbons (Fsp3) is 0.304. The molecular formula is C23H26N6O2. The highest BCUT2D eigenvalue weighted by molar-refractivity contribution is 6.03. The van der Waals surface area contributed by atoms with E-state index < -0.39 is 0 Å². The maximum Gasteiger partial charge on any atom is 0.258 e. The normalized spacial score (nSPS) is 11.8. The zero-order valence-electron chi connectivity index (χ0n) is 18.1. The number of anilines is 2. The van der Waals surface area contributed by atoms with Crippen LogP contribution in [0.2, 0.25) is 0 Å². The van der Waals surface area contributed by atoms with Gasteiger partial charge in [-0.05, 0) is 47.1 Å². The van der Waals surface area contributed by atoms with Gasteiger partial charge in [-0.25, -0.2) is 19.9 Å². The van der Waals surface area contributed by atoms with Crippen LogP contribution in [0.1, 0.15) is 66.6 Å². The molecule has 0 saturated heterocycles. The highest BCUT2D eigenvalue weighted by atomic mass is 16.2. The van der Waals surface area contributed by atoms with Gasteiger partial charge in [-0.1, -0.05) is 32.9 Å². The Hall–Kier alpha value is -3.68. The molecule has 160 valence electrons. The molecule has 3 rings (SSSR count). The highest BCUT2D eigenvalue weighted by Crippen LogP contribution is 2.21. The highest BCUT2D eigenvalue weighted by Gasteiger charge is 2.12. The maximum absolute atomic E-state index is 12.6. The maximum atomic E-state index is 12.6. The van der Waals surface area contributed by atoms with Crippen molar-refractivity contribution >= 4 is 23.7 Å². The summed E-state index contributed by atoms with van der Waals surface area (Å²) in [5, 5.41) is 5.30. The fourth-order valence-corrected chi connectivity index (χ4v) is 3.00. The second kappa shape index (κ2) is 9.88. The van der Waals surface area contributed by atoms with Crippen molar-refractivity contribution in [3.63, 3.8) is 0 Å². The summed E-state index contributed by atoms with van der Waals surface area (Å²) >= 11 is 0. The van der Waals surface area contributed by atoms with Crippen molar-refractivity contribution in [2.24, 2.45) is 0 Å². The summed E-state index contributed by atoms with van der Waals surface area (Å²) in [6.07, 6.45) is 7.58. The van der Waals surface area contributed by atoms with Crippen molar-refractivity contribution in [3.8, 4) is 0 Å². The van der Waals surface area contributed by atoms with Crippen molar-refractivity contribution in [1.82, 2.24) is 19.9 Å². The van der Waals surface area contributed by atoms with E-state index >= 15 is 0 Å². The van der Waals surface area contributed by atoms with Crippen molar-refractivity contribution in [2.45, 2.75) is 46.0 Å². The Kier molecular flexibility index (Phi) is 7.02. The smallest absolute Gasteiger partial charge is 0.258 e. The quantitative estimate of drug-likeness (QED) is 0.601. The summed E-state index contributed by atoms with van der Waals surface area (Å²) < 4.78 is 0. The third kappa shape index (κ3) is 6.15. The Morgan fingerprint density at radius 2 is 1.45 bits per heavy atom. The molecule has 0 aliphatic heterocycles. The summed E-state index contributed by atoms with van der Waals surface area (Å²) in [6, 6.07) is 7.46. The van der Waals surface area contributed by atoms with Gasteiger partial charge in [0.25, 0.3) is 5.91 Å². The Bertz CT molecular complexity index is 1050. The Balaban J connectivity index is 1.65. The molecule has 0 spiro atoms. The lowest BCUT2D eigenvalue weighted by atomic mass is 9.95. The van der Waals surface area contributed by atoms with Crippen molar-refractivity contribution in [1.29, 1.82) is 0 Å².